The second-order valence-electron chi connectivity index (χ2n) is 6.23. The molecule has 2 fully saturated rings. The molecule has 0 aliphatic carbocycles. The number of hydrogen-bond acceptors (Lipinski definition) is 3. The number of rotatable bonds is 3. The van der Waals surface area contributed by atoms with Crippen molar-refractivity contribution in [3.63, 3.8) is 0 Å². The molecule has 3 amide bonds. The first-order chi connectivity index (χ1) is 10.6. The number of benzene rings is 1. The van der Waals surface area contributed by atoms with Crippen LogP contribution < -0.4 is 5.32 Å². The molecular formula is C17H22N2O3. The third kappa shape index (κ3) is 2.86. The summed E-state index contributed by atoms with van der Waals surface area (Å²) in [6, 6.07) is 5.41. The summed E-state index contributed by atoms with van der Waals surface area (Å²) in [7, 11) is 0. The lowest BCUT2D eigenvalue weighted by atomic mass is 9.92. The third-order valence-electron chi connectivity index (χ3n) is 4.62. The molecule has 3 rings (SSSR count). The largest absolute Gasteiger partial charge is 0.381 e. The van der Waals surface area contributed by atoms with Gasteiger partial charge < -0.3 is 10.1 Å². The van der Waals surface area contributed by atoms with E-state index in [1.54, 1.807) is 0 Å². The van der Waals surface area contributed by atoms with Crippen LogP contribution in [-0.2, 0) is 16.1 Å². The second-order valence-corrected chi connectivity index (χ2v) is 6.23. The van der Waals surface area contributed by atoms with Crippen LogP contribution in [0.25, 0.3) is 0 Å². The molecule has 1 N–H and O–H groups in total. The molecular weight excluding hydrogens is 280 g/mol. The Balaban J connectivity index is 1.74. The van der Waals surface area contributed by atoms with Crippen LogP contribution in [0.5, 0.6) is 0 Å². The Bertz CT molecular complexity index is 594. The summed E-state index contributed by atoms with van der Waals surface area (Å²) in [5, 5.41) is 2.86. The predicted molar refractivity (Wildman–Crippen MR) is 82.3 cm³/mol. The Morgan fingerprint density at radius 2 is 1.95 bits per heavy atom. The third-order valence-corrected chi connectivity index (χ3v) is 4.62. The Kier molecular flexibility index (Phi) is 4.16. The van der Waals surface area contributed by atoms with Crippen LogP contribution in [0.4, 0.5) is 4.79 Å². The van der Waals surface area contributed by atoms with Crippen LogP contribution >= 0.6 is 0 Å². The van der Waals surface area contributed by atoms with Gasteiger partial charge >= 0.3 is 6.03 Å². The molecule has 0 bridgehead atoms. The van der Waals surface area contributed by atoms with Crippen molar-refractivity contribution in [3.05, 3.63) is 34.9 Å². The molecule has 5 nitrogen and oxygen atoms in total. The van der Waals surface area contributed by atoms with Gasteiger partial charge in [-0.25, -0.2) is 4.79 Å². The highest BCUT2D eigenvalue weighted by atomic mass is 16.5. The van der Waals surface area contributed by atoms with E-state index >= 15 is 0 Å². The minimum Gasteiger partial charge on any atom is -0.381 e. The summed E-state index contributed by atoms with van der Waals surface area (Å²) in [6.45, 7) is 5.72. The number of hydrogen-bond donors (Lipinski definition) is 1. The molecule has 1 unspecified atom stereocenters. The van der Waals surface area contributed by atoms with Gasteiger partial charge in [-0.2, -0.15) is 0 Å². The monoisotopic (exact) mass is 302 g/mol. The van der Waals surface area contributed by atoms with E-state index in [1.807, 2.05) is 26.0 Å². The minimum absolute atomic E-state index is 0.100. The fraction of sp³-hybridized carbons (Fsp3) is 0.529. The zero-order chi connectivity index (χ0) is 15.7. The number of imide groups is 1. The van der Waals surface area contributed by atoms with Crippen molar-refractivity contribution in [3.8, 4) is 0 Å². The minimum atomic E-state index is -0.387. The quantitative estimate of drug-likeness (QED) is 0.870. The molecule has 0 aromatic heterocycles. The van der Waals surface area contributed by atoms with Crippen molar-refractivity contribution in [2.24, 2.45) is 5.92 Å². The predicted octanol–water partition coefficient (Wildman–Crippen LogP) is 2.15. The van der Waals surface area contributed by atoms with Gasteiger partial charge in [0, 0.05) is 13.2 Å². The average Bonchev–Trinajstić information content (AvgIpc) is 2.79. The van der Waals surface area contributed by atoms with Gasteiger partial charge in [0.2, 0.25) is 0 Å². The number of nitrogens with zero attached hydrogens (tertiary/aromatic N) is 1. The maximum atomic E-state index is 12.6. The Hall–Kier alpha value is -1.88. The van der Waals surface area contributed by atoms with Gasteiger partial charge in [0.05, 0.1) is 6.54 Å². The summed E-state index contributed by atoms with van der Waals surface area (Å²) in [5.41, 5.74) is 3.30. The average molecular weight is 302 g/mol. The first-order valence-electron chi connectivity index (χ1n) is 7.82. The summed E-state index contributed by atoms with van der Waals surface area (Å²) >= 11 is 0. The number of amides is 3. The van der Waals surface area contributed by atoms with Crippen LogP contribution in [0.15, 0.2) is 18.2 Å². The molecule has 2 heterocycles. The number of carbonyl (C=O) groups is 2. The molecule has 0 radical (unpaired) electrons. The summed E-state index contributed by atoms with van der Waals surface area (Å²) < 4.78 is 5.33. The van der Waals surface area contributed by atoms with Crippen LogP contribution in [0.2, 0.25) is 0 Å². The van der Waals surface area contributed by atoms with Gasteiger partial charge in [-0.1, -0.05) is 23.8 Å². The fourth-order valence-corrected chi connectivity index (χ4v) is 3.25. The molecule has 5 heteroatoms. The van der Waals surface area contributed by atoms with E-state index < -0.39 is 0 Å². The van der Waals surface area contributed by atoms with E-state index in [2.05, 4.69) is 11.4 Å². The topological polar surface area (TPSA) is 58.6 Å². The molecule has 118 valence electrons. The summed E-state index contributed by atoms with van der Waals surface area (Å²) in [6.07, 6.45) is 1.65. The Morgan fingerprint density at radius 3 is 2.64 bits per heavy atom. The zero-order valence-electron chi connectivity index (χ0n) is 13.1. The lowest BCUT2D eigenvalue weighted by molar-refractivity contribution is -0.129. The first kappa shape index (κ1) is 15.0. The van der Waals surface area contributed by atoms with Gasteiger partial charge in [-0.3, -0.25) is 9.69 Å². The van der Waals surface area contributed by atoms with Crippen LogP contribution in [0.3, 0.4) is 0 Å². The second kappa shape index (κ2) is 6.08. The first-order valence-corrected chi connectivity index (χ1v) is 7.82. The highest BCUT2D eigenvalue weighted by Gasteiger charge is 2.42. The fourth-order valence-electron chi connectivity index (χ4n) is 3.25. The summed E-state index contributed by atoms with van der Waals surface area (Å²) in [4.78, 5) is 26.1. The lowest BCUT2D eigenvalue weighted by Crippen LogP contribution is -2.40. The Labute approximate surface area is 130 Å². The molecule has 0 saturated carbocycles. The van der Waals surface area contributed by atoms with Gasteiger partial charge in [0.1, 0.15) is 6.04 Å². The van der Waals surface area contributed by atoms with Crippen molar-refractivity contribution in [2.45, 2.75) is 39.3 Å². The van der Waals surface area contributed by atoms with E-state index in [1.165, 1.54) is 10.5 Å². The molecule has 1 aromatic carbocycles. The van der Waals surface area contributed by atoms with Gasteiger partial charge in [-0.05, 0) is 43.7 Å². The van der Waals surface area contributed by atoms with Gasteiger partial charge in [0.15, 0.2) is 0 Å². The smallest absolute Gasteiger partial charge is 0.325 e. The lowest BCUT2D eigenvalue weighted by Gasteiger charge is -2.25. The highest BCUT2D eigenvalue weighted by molar-refractivity contribution is 6.04. The van der Waals surface area contributed by atoms with Crippen LogP contribution in [0.1, 0.15) is 29.5 Å². The van der Waals surface area contributed by atoms with Crippen molar-refractivity contribution >= 4 is 11.9 Å². The van der Waals surface area contributed by atoms with E-state index in [4.69, 9.17) is 4.74 Å². The number of ether oxygens (including phenoxy) is 1. The maximum Gasteiger partial charge on any atom is 0.325 e. The zero-order valence-corrected chi connectivity index (χ0v) is 13.1. The van der Waals surface area contributed by atoms with E-state index in [9.17, 15) is 9.59 Å². The number of urea groups is 1. The van der Waals surface area contributed by atoms with Crippen LogP contribution in [-0.4, -0.2) is 36.1 Å². The normalized spacial score (nSPS) is 23.0. The van der Waals surface area contributed by atoms with Crippen molar-refractivity contribution in [1.82, 2.24) is 10.2 Å². The molecule has 2 aliphatic rings. The molecule has 0 spiro atoms. The van der Waals surface area contributed by atoms with Crippen molar-refractivity contribution < 1.29 is 14.3 Å². The number of nitrogens with one attached hydrogen (secondary N) is 1. The van der Waals surface area contributed by atoms with Gasteiger partial charge in [-0.15, -0.1) is 0 Å². The van der Waals surface area contributed by atoms with Crippen LogP contribution in [0, 0.1) is 19.8 Å². The molecule has 22 heavy (non-hydrogen) atoms. The number of aryl methyl sites for hydroxylation is 2. The molecule has 1 aromatic rings. The van der Waals surface area contributed by atoms with Crippen molar-refractivity contribution in [1.29, 1.82) is 0 Å². The Morgan fingerprint density at radius 1 is 1.23 bits per heavy atom. The van der Waals surface area contributed by atoms with Crippen molar-refractivity contribution in [2.75, 3.05) is 13.2 Å². The highest BCUT2D eigenvalue weighted by Crippen LogP contribution is 2.25. The summed E-state index contributed by atoms with van der Waals surface area (Å²) in [5.74, 6) is 0.0891. The standard InChI is InChI=1S/C17H22N2O3/c1-11-3-4-14(12(2)9-11)10-19-16(20)15(18-17(19)21)13-5-7-22-8-6-13/h3-4,9,13,15H,5-8,10H2,1-2H3,(H,18,21). The van der Waals surface area contributed by atoms with Gasteiger partial charge in [0.25, 0.3) is 5.91 Å². The van der Waals surface area contributed by atoms with E-state index in [-0.39, 0.29) is 23.9 Å². The SMILES string of the molecule is Cc1ccc(CN2C(=O)NC(C3CCOCC3)C2=O)c(C)c1. The molecule has 2 saturated heterocycles. The van der Waals surface area contributed by atoms with E-state index in [0.29, 0.717) is 19.8 Å². The molecule has 2 aliphatic heterocycles. The van der Waals surface area contributed by atoms with E-state index in [0.717, 1.165) is 24.0 Å². The molecule has 1 atom stereocenters. The maximum absolute atomic E-state index is 12.6. The number of carbonyl (C=O) groups excluding carboxylic acids is 2.